The summed E-state index contributed by atoms with van der Waals surface area (Å²) in [6.45, 7) is 2.31. The number of hydrogen-bond donors (Lipinski definition) is 0. The van der Waals surface area contributed by atoms with Gasteiger partial charge >= 0.3 is 0 Å². The molecule has 1 aliphatic rings. The number of pyridine rings is 1. The molecule has 0 saturated heterocycles. The Balaban J connectivity index is 2.06. The Labute approximate surface area is 107 Å². The highest BCUT2D eigenvalue weighted by molar-refractivity contribution is 6.31. The predicted octanol–water partition coefficient (Wildman–Crippen LogP) is 4.32. The third-order valence-electron chi connectivity index (χ3n) is 3.49. The van der Waals surface area contributed by atoms with Crippen LogP contribution in [0.25, 0.3) is 0 Å². The van der Waals surface area contributed by atoms with Crippen molar-refractivity contribution in [2.75, 3.05) is 0 Å². The minimum absolute atomic E-state index is 0.306. The second-order valence-corrected chi connectivity index (χ2v) is 5.83. The van der Waals surface area contributed by atoms with Gasteiger partial charge in [0, 0.05) is 17.8 Å². The SMILES string of the molecule is CC1CCC(Cl)C(Cc2ccncc2Cl)C1. The molecule has 0 aromatic carbocycles. The highest BCUT2D eigenvalue weighted by atomic mass is 35.5. The van der Waals surface area contributed by atoms with Gasteiger partial charge in [0.05, 0.1) is 5.02 Å². The molecular weight excluding hydrogens is 241 g/mol. The minimum Gasteiger partial charge on any atom is -0.263 e. The van der Waals surface area contributed by atoms with Gasteiger partial charge in [-0.3, -0.25) is 4.98 Å². The van der Waals surface area contributed by atoms with E-state index < -0.39 is 0 Å². The molecule has 0 spiro atoms. The van der Waals surface area contributed by atoms with Crippen molar-refractivity contribution in [3.05, 3.63) is 29.0 Å². The molecule has 3 atom stereocenters. The lowest BCUT2D eigenvalue weighted by Gasteiger charge is -2.31. The molecule has 0 aliphatic heterocycles. The van der Waals surface area contributed by atoms with Crippen molar-refractivity contribution in [1.29, 1.82) is 0 Å². The number of halogens is 2. The molecule has 0 bridgehead atoms. The average molecular weight is 258 g/mol. The van der Waals surface area contributed by atoms with Crippen LogP contribution in [0.4, 0.5) is 0 Å². The normalized spacial score (nSPS) is 30.3. The summed E-state index contributed by atoms with van der Waals surface area (Å²) in [5.74, 6) is 1.35. The van der Waals surface area contributed by atoms with Crippen molar-refractivity contribution < 1.29 is 0 Å². The van der Waals surface area contributed by atoms with Crippen LogP contribution >= 0.6 is 23.2 Å². The van der Waals surface area contributed by atoms with Gasteiger partial charge in [0.1, 0.15) is 0 Å². The standard InChI is InChI=1S/C13H17Cl2N/c1-9-2-3-12(14)11(6-9)7-10-4-5-16-8-13(10)15/h4-5,8-9,11-12H,2-3,6-7H2,1H3. The van der Waals surface area contributed by atoms with Crippen molar-refractivity contribution in [3.63, 3.8) is 0 Å². The number of nitrogens with zero attached hydrogens (tertiary/aromatic N) is 1. The first-order valence-corrected chi connectivity index (χ1v) is 6.70. The van der Waals surface area contributed by atoms with Crippen LogP contribution in [-0.2, 0) is 6.42 Å². The molecular formula is C13H17Cl2N. The Kier molecular flexibility index (Phi) is 4.10. The number of alkyl halides is 1. The molecule has 1 fully saturated rings. The van der Waals surface area contributed by atoms with E-state index in [1.807, 2.05) is 6.07 Å². The van der Waals surface area contributed by atoms with E-state index in [1.54, 1.807) is 12.4 Å². The molecule has 3 heteroatoms. The predicted molar refractivity (Wildman–Crippen MR) is 69.1 cm³/mol. The fraction of sp³-hybridized carbons (Fsp3) is 0.615. The first-order valence-electron chi connectivity index (χ1n) is 5.89. The van der Waals surface area contributed by atoms with Crippen LogP contribution in [0.15, 0.2) is 18.5 Å². The lowest BCUT2D eigenvalue weighted by atomic mass is 9.79. The maximum absolute atomic E-state index is 6.39. The second kappa shape index (κ2) is 5.37. The average Bonchev–Trinajstić information content (AvgIpc) is 2.27. The summed E-state index contributed by atoms with van der Waals surface area (Å²) in [7, 11) is 0. The second-order valence-electron chi connectivity index (χ2n) is 4.87. The zero-order valence-corrected chi connectivity index (χ0v) is 11.0. The number of hydrogen-bond acceptors (Lipinski definition) is 1. The van der Waals surface area contributed by atoms with Crippen molar-refractivity contribution in [3.8, 4) is 0 Å². The van der Waals surface area contributed by atoms with E-state index in [0.717, 1.165) is 23.8 Å². The molecule has 88 valence electrons. The zero-order chi connectivity index (χ0) is 11.5. The van der Waals surface area contributed by atoms with Gasteiger partial charge in [0.15, 0.2) is 0 Å². The summed E-state index contributed by atoms with van der Waals surface area (Å²) in [4.78, 5) is 4.01. The molecule has 1 saturated carbocycles. The Morgan fingerprint density at radius 3 is 3.00 bits per heavy atom. The first-order chi connectivity index (χ1) is 7.66. The highest BCUT2D eigenvalue weighted by Crippen LogP contribution is 2.35. The monoisotopic (exact) mass is 257 g/mol. The smallest absolute Gasteiger partial charge is 0.0621 e. The van der Waals surface area contributed by atoms with Crippen molar-refractivity contribution in [1.82, 2.24) is 4.98 Å². The van der Waals surface area contributed by atoms with E-state index in [0.29, 0.717) is 11.3 Å². The Morgan fingerprint density at radius 2 is 2.25 bits per heavy atom. The van der Waals surface area contributed by atoms with Crippen molar-refractivity contribution >= 4 is 23.2 Å². The van der Waals surface area contributed by atoms with Crippen LogP contribution in [0.1, 0.15) is 31.7 Å². The topological polar surface area (TPSA) is 12.9 Å². The minimum atomic E-state index is 0.306. The van der Waals surface area contributed by atoms with Crippen LogP contribution in [0.2, 0.25) is 5.02 Å². The molecule has 1 aromatic heterocycles. The number of aromatic nitrogens is 1. The van der Waals surface area contributed by atoms with Gasteiger partial charge in [-0.1, -0.05) is 18.5 Å². The maximum Gasteiger partial charge on any atom is 0.0621 e. The molecule has 1 heterocycles. The fourth-order valence-electron chi connectivity index (χ4n) is 2.52. The van der Waals surface area contributed by atoms with Gasteiger partial charge in [0.2, 0.25) is 0 Å². The molecule has 2 rings (SSSR count). The van der Waals surface area contributed by atoms with Crippen molar-refractivity contribution in [2.24, 2.45) is 11.8 Å². The van der Waals surface area contributed by atoms with Crippen LogP contribution in [0, 0.1) is 11.8 Å². The van der Waals surface area contributed by atoms with Crippen LogP contribution < -0.4 is 0 Å². The fourth-order valence-corrected chi connectivity index (χ4v) is 3.04. The summed E-state index contributed by atoms with van der Waals surface area (Å²) in [6, 6.07) is 2.01. The Bertz CT molecular complexity index is 354. The van der Waals surface area contributed by atoms with Gasteiger partial charge in [0.25, 0.3) is 0 Å². The first kappa shape index (κ1) is 12.2. The van der Waals surface area contributed by atoms with Gasteiger partial charge in [-0.25, -0.2) is 0 Å². The van der Waals surface area contributed by atoms with Gasteiger partial charge in [-0.2, -0.15) is 0 Å². The van der Waals surface area contributed by atoms with E-state index in [2.05, 4.69) is 11.9 Å². The molecule has 0 N–H and O–H groups in total. The Morgan fingerprint density at radius 1 is 1.44 bits per heavy atom. The van der Waals surface area contributed by atoms with Crippen LogP contribution in [-0.4, -0.2) is 10.4 Å². The third kappa shape index (κ3) is 2.89. The molecule has 0 amide bonds. The van der Waals surface area contributed by atoms with Gasteiger partial charge < -0.3 is 0 Å². The molecule has 0 radical (unpaired) electrons. The van der Waals surface area contributed by atoms with Crippen molar-refractivity contribution in [2.45, 2.75) is 38.0 Å². The summed E-state index contributed by atoms with van der Waals surface area (Å²) in [5.41, 5.74) is 1.18. The lowest BCUT2D eigenvalue weighted by molar-refractivity contribution is 0.287. The quantitative estimate of drug-likeness (QED) is 0.720. The Hall–Kier alpha value is -0.270. The highest BCUT2D eigenvalue weighted by Gasteiger charge is 2.27. The lowest BCUT2D eigenvalue weighted by Crippen LogP contribution is -2.26. The molecule has 1 aliphatic carbocycles. The van der Waals surface area contributed by atoms with E-state index in [4.69, 9.17) is 23.2 Å². The zero-order valence-electron chi connectivity index (χ0n) is 9.50. The molecule has 1 nitrogen and oxygen atoms in total. The van der Waals surface area contributed by atoms with Gasteiger partial charge in [-0.15, -0.1) is 11.6 Å². The number of rotatable bonds is 2. The van der Waals surface area contributed by atoms with Crippen LogP contribution in [0.5, 0.6) is 0 Å². The van der Waals surface area contributed by atoms with Crippen LogP contribution in [0.3, 0.4) is 0 Å². The van der Waals surface area contributed by atoms with E-state index in [9.17, 15) is 0 Å². The summed E-state index contributed by atoms with van der Waals surface area (Å²) < 4.78 is 0. The summed E-state index contributed by atoms with van der Waals surface area (Å²) >= 11 is 12.5. The largest absolute Gasteiger partial charge is 0.263 e. The van der Waals surface area contributed by atoms with E-state index >= 15 is 0 Å². The summed E-state index contributed by atoms with van der Waals surface area (Å²) in [6.07, 6.45) is 8.11. The molecule has 3 unspecified atom stereocenters. The summed E-state index contributed by atoms with van der Waals surface area (Å²) in [5, 5.41) is 1.07. The molecule has 1 aromatic rings. The van der Waals surface area contributed by atoms with E-state index in [1.165, 1.54) is 18.4 Å². The van der Waals surface area contributed by atoms with E-state index in [-0.39, 0.29) is 0 Å². The molecule has 16 heavy (non-hydrogen) atoms. The van der Waals surface area contributed by atoms with Gasteiger partial charge in [-0.05, 0) is 49.1 Å². The maximum atomic E-state index is 6.39. The third-order valence-corrected chi connectivity index (χ3v) is 4.41.